The Kier molecular flexibility index (Phi) is 24.6. The highest BCUT2D eigenvalue weighted by atomic mass is 16.4. The number of nitrogens with two attached hydrogens (primary N) is 2. The molecule has 0 bridgehead atoms. The van der Waals surface area contributed by atoms with Crippen LogP contribution >= 0.6 is 0 Å². The van der Waals surface area contributed by atoms with Crippen LogP contribution in [-0.2, 0) is 59.2 Å². The standard InChI is InChI=1S/C42H65N9O15/c1-20(2)16-27(48-40(63)28(18-31(44)53)49-37(60)22(5)45-38(61)25(43)12-14-33(55)56)30(52)19-32(54)51-35(21(3)4)41(64)46-23(6)36(59)47-26(13-15-34(57)58)39(62)50-29(42(65)66)17-24-10-8-7-9-11-24/h7-11,20-23,25-30,35,52H,12-19,43H2,1-6H3,(H2,44,53)(H,45,61)(H,46,64)(H,47,59)(H,48,63)(H,49,60)(H,50,62)(H,51,54)(H,55,56)(H,57,58)(H,65,66)/t22-,23-,25-,26-,27?,28-,29-,30?,35-/m0/s1. The van der Waals surface area contributed by atoms with Crippen LogP contribution < -0.4 is 48.7 Å². The van der Waals surface area contributed by atoms with E-state index < -0.39 is 158 Å². The van der Waals surface area contributed by atoms with Crippen LogP contribution in [0.4, 0.5) is 0 Å². The van der Waals surface area contributed by atoms with Crippen molar-refractivity contribution in [2.45, 2.75) is 147 Å². The van der Waals surface area contributed by atoms with Crippen LogP contribution in [0.15, 0.2) is 30.3 Å². The molecule has 0 radical (unpaired) electrons. The molecule has 0 aromatic heterocycles. The lowest BCUT2D eigenvalue weighted by atomic mass is 9.96. The molecule has 24 nitrogen and oxygen atoms in total. The minimum Gasteiger partial charge on any atom is -0.481 e. The number of hydrogen-bond donors (Lipinski definition) is 13. The van der Waals surface area contributed by atoms with Crippen LogP contribution in [0.5, 0.6) is 0 Å². The molecule has 368 valence electrons. The Morgan fingerprint density at radius 2 is 1.08 bits per heavy atom. The molecule has 0 fully saturated rings. The fourth-order valence-electron chi connectivity index (χ4n) is 6.23. The van der Waals surface area contributed by atoms with Crippen molar-refractivity contribution >= 4 is 65.2 Å². The van der Waals surface area contributed by atoms with Crippen molar-refractivity contribution in [3.8, 4) is 0 Å². The number of aliphatic hydroxyl groups is 1. The number of carbonyl (C=O) groups is 11. The fraction of sp³-hybridized carbons (Fsp3) is 0.595. The average Bonchev–Trinajstić information content (AvgIpc) is 3.21. The quantitative estimate of drug-likeness (QED) is 0.0369. The van der Waals surface area contributed by atoms with Crippen LogP contribution in [0.2, 0.25) is 0 Å². The number of carboxylic acid groups (broad SMARTS) is 3. The van der Waals surface area contributed by atoms with E-state index >= 15 is 0 Å². The molecule has 9 atom stereocenters. The number of amides is 8. The van der Waals surface area contributed by atoms with Crippen molar-refractivity contribution in [2.75, 3.05) is 0 Å². The summed E-state index contributed by atoms with van der Waals surface area (Å²) < 4.78 is 0. The summed E-state index contributed by atoms with van der Waals surface area (Å²) in [5.74, 6) is -12.1. The van der Waals surface area contributed by atoms with E-state index in [-0.39, 0.29) is 25.2 Å². The van der Waals surface area contributed by atoms with Crippen molar-refractivity contribution in [2.24, 2.45) is 23.3 Å². The molecule has 0 aliphatic carbocycles. The van der Waals surface area contributed by atoms with Gasteiger partial charge in [0.15, 0.2) is 0 Å². The number of nitrogens with one attached hydrogen (secondary N) is 7. The Bertz CT molecular complexity index is 1880. The minimum absolute atomic E-state index is 0.0777. The van der Waals surface area contributed by atoms with Gasteiger partial charge in [-0.2, -0.15) is 0 Å². The van der Waals surface area contributed by atoms with Crippen LogP contribution in [0, 0.1) is 11.8 Å². The second kappa shape index (κ2) is 28.3. The maximum absolute atomic E-state index is 13.5. The average molecular weight is 936 g/mol. The van der Waals surface area contributed by atoms with Gasteiger partial charge in [0.1, 0.15) is 36.3 Å². The number of carboxylic acids is 3. The van der Waals surface area contributed by atoms with Crippen molar-refractivity contribution in [1.29, 1.82) is 0 Å². The normalized spacial score (nSPS) is 15.2. The molecule has 0 aliphatic heterocycles. The van der Waals surface area contributed by atoms with Gasteiger partial charge in [0.05, 0.1) is 31.0 Å². The molecule has 66 heavy (non-hydrogen) atoms. The minimum atomic E-state index is -1.61. The molecule has 0 heterocycles. The molecule has 2 unspecified atom stereocenters. The molecule has 1 aromatic rings. The molecule has 1 rings (SSSR count). The number of aliphatic hydroxyl groups excluding tert-OH is 1. The maximum Gasteiger partial charge on any atom is 0.326 e. The van der Waals surface area contributed by atoms with Crippen molar-refractivity contribution in [3.63, 3.8) is 0 Å². The van der Waals surface area contributed by atoms with Gasteiger partial charge in [-0.25, -0.2) is 4.79 Å². The summed E-state index contributed by atoms with van der Waals surface area (Å²) in [5, 5.41) is 55.7. The smallest absolute Gasteiger partial charge is 0.326 e. The summed E-state index contributed by atoms with van der Waals surface area (Å²) in [6.45, 7) is 9.13. The number of aliphatic carboxylic acids is 3. The molecule has 0 saturated heterocycles. The van der Waals surface area contributed by atoms with Gasteiger partial charge in [0.2, 0.25) is 47.3 Å². The van der Waals surface area contributed by atoms with E-state index in [4.69, 9.17) is 16.6 Å². The van der Waals surface area contributed by atoms with E-state index in [0.29, 0.717) is 5.56 Å². The summed E-state index contributed by atoms with van der Waals surface area (Å²) in [4.78, 5) is 138. The van der Waals surface area contributed by atoms with Gasteiger partial charge in [-0.1, -0.05) is 58.0 Å². The van der Waals surface area contributed by atoms with Gasteiger partial charge >= 0.3 is 17.9 Å². The van der Waals surface area contributed by atoms with E-state index in [2.05, 4.69) is 37.2 Å². The van der Waals surface area contributed by atoms with Crippen molar-refractivity contribution < 1.29 is 73.2 Å². The zero-order valence-electron chi connectivity index (χ0n) is 37.8. The summed E-state index contributed by atoms with van der Waals surface area (Å²) in [6.07, 6.45) is -4.66. The first-order valence-corrected chi connectivity index (χ1v) is 21.3. The Morgan fingerprint density at radius 3 is 1.58 bits per heavy atom. The van der Waals surface area contributed by atoms with Crippen molar-refractivity contribution in [3.05, 3.63) is 35.9 Å². The van der Waals surface area contributed by atoms with Gasteiger partial charge in [-0.15, -0.1) is 0 Å². The largest absolute Gasteiger partial charge is 0.481 e. The molecule has 0 saturated carbocycles. The van der Waals surface area contributed by atoms with Gasteiger partial charge < -0.3 is 69.1 Å². The highest BCUT2D eigenvalue weighted by Crippen LogP contribution is 2.14. The van der Waals surface area contributed by atoms with Crippen molar-refractivity contribution in [1.82, 2.24) is 37.2 Å². The first kappa shape index (κ1) is 57.3. The molecular weight excluding hydrogens is 871 g/mol. The highest BCUT2D eigenvalue weighted by Gasteiger charge is 2.34. The first-order chi connectivity index (χ1) is 30.7. The summed E-state index contributed by atoms with van der Waals surface area (Å²) in [5.41, 5.74) is 11.6. The zero-order valence-corrected chi connectivity index (χ0v) is 37.8. The van der Waals surface area contributed by atoms with E-state index in [9.17, 15) is 68.1 Å². The molecule has 0 aliphatic rings. The molecule has 1 aromatic carbocycles. The molecular formula is C42H65N9O15. The molecule has 24 heteroatoms. The lowest BCUT2D eigenvalue weighted by Gasteiger charge is -2.29. The fourth-order valence-corrected chi connectivity index (χ4v) is 6.23. The van der Waals surface area contributed by atoms with Gasteiger partial charge in [0, 0.05) is 19.3 Å². The van der Waals surface area contributed by atoms with Crippen LogP contribution in [-0.4, -0.2) is 140 Å². The zero-order chi connectivity index (χ0) is 50.4. The third kappa shape index (κ3) is 21.8. The summed E-state index contributed by atoms with van der Waals surface area (Å²) in [6, 6.07) is -2.60. The van der Waals surface area contributed by atoms with E-state index in [1.165, 1.54) is 13.8 Å². The number of primary amides is 1. The molecule has 0 spiro atoms. The van der Waals surface area contributed by atoms with Crippen LogP contribution in [0.1, 0.15) is 92.1 Å². The third-order valence-corrected chi connectivity index (χ3v) is 9.90. The number of hydrogen-bond acceptors (Lipinski definition) is 13. The predicted molar refractivity (Wildman–Crippen MR) is 233 cm³/mol. The monoisotopic (exact) mass is 935 g/mol. The molecule has 8 amide bonds. The third-order valence-electron chi connectivity index (χ3n) is 9.90. The number of benzene rings is 1. The molecule has 15 N–H and O–H groups in total. The maximum atomic E-state index is 13.5. The Hall–Kier alpha value is -6.69. The van der Waals surface area contributed by atoms with E-state index in [0.717, 1.165) is 0 Å². The number of carbonyl (C=O) groups excluding carboxylic acids is 8. The highest BCUT2D eigenvalue weighted by molar-refractivity contribution is 5.96. The van der Waals surface area contributed by atoms with Crippen LogP contribution in [0.3, 0.4) is 0 Å². The second-order valence-corrected chi connectivity index (χ2v) is 16.6. The Morgan fingerprint density at radius 1 is 0.576 bits per heavy atom. The second-order valence-electron chi connectivity index (χ2n) is 16.6. The lowest BCUT2D eigenvalue weighted by Crippen LogP contribution is -2.58. The van der Waals surface area contributed by atoms with Gasteiger partial charge in [-0.05, 0) is 50.5 Å². The predicted octanol–water partition coefficient (Wildman–Crippen LogP) is -2.87. The van der Waals surface area contributed by atoms with E-state index in [1.807, 2.05) is 0 Å². The number of rotatable bonds is 30. The van der Waals surface area contributed by atoms with Crippen LogP contribution in [0.25, 0.3) is 0 Å². The van der Waals surface area contributed by atoms with Gasteiger partial charge in [-0.3, -0.25) is 47.9 Å². The topological polar surface area (TPSA) is 405 Å². The Labute approximate surface area is 381 Å². The summed E-state index contributed by atoms with van der Waals surface area (Å²) >= 11 is 0. The SMILES string of the molecule is CC(C)CC(NC(=O)[C@H](CC(N)=O)NC(=O)[C@H](C)NC(=O)[C@@H](N)CCC(=O)O)C(O)CC(=O)N[C@H](C(=O)N[C@@H](C)C(=O)N[C@@H](CCC(=O)O)C(=O)N[C@@H](Cc1ccccc1)C(=O)O)C(C)C. The first-order valence-electron chi connectivity index (χ1n) is 21.3. The summed E-state index contributed by atoms with van der Waals surface area (Å²) in [7, 11) is 0. The van der Waals surface area contributed by atoms with Gasteiger partial charge in [0.25, 0.3) is 0 Å². The Balaban J connectivity index is 3.06. The lowest BCUT2D eigenvalue weighted by molar-refractivity contribution is -0.143. The van der Waals surface area contributed by atoms with E-state index in [1.54, 1.807) is 58.0 Å².